The Labute approximate surface area is 154 Å². The first-order valence-corrected chi connectivity index (χ1v) is 7.92. The molecule has 0 spiro atoms. The Hall–Kier alpha value is -2.43. The largest absolute Gasteiger partial charge is 0.466 e. The Morgan fingerprint density at radius 3 is 2.60 bits per heavy atom. The summed E-state index contributed by atoms with van der Waals surface area (Å²) in [4.78, 5) is 33.0. The lowest BCUT2D eigenvalue weighted by Crippen LogP contribution is -2.19. The fraction of sp³-hybridized carbons (Fsp3) is 0.0769. The van der Waals surface area contributed by atoms with Crippen LogP contribution >= 0.6 is 35.0 Å². The Bertz CT molecular complexity index is 830. The molecule has 1 N–H and O–H groups in total. The molecule has 1 saturated heterocycles. The van der Waals surface area contributed by atoms with Crippen molar-refractivity contribution >= 4 is 63.9 Å². The average Bonchev–Trinajstić information content (AvgIpc) is 2.89. The summed E-state index contributed by atoms with van der Waals surface area (Å²) in [5.41, 5.74) is -0.0207. The quantitative estimate of drug-likeness (QED) is 0.271. The van der Waals surface area contributed by atoms with Gasteiger partial charge >= 0.3 is 5.97 Å². The molecule has 1 heterocycles. The van der Waals surface area contributed by atoms with Crippen LogP contribution in [-0.4, -0.2) is 35.3 Å². The van der Waals surface area contributed by atoms with Crippen molar-refractivity contribution in [2.24, 2.45) is 10.2 Å². The van der Waals surface area contributed by atoms with Gasteiger partial charge in [0.05, 0.1) is 33.2 Å². The first-order valence-electron chi connectivity index (χ1n) is 6.35. The molecule has 0 unspecified atom stereocenters. The van der Waals surface area contributed by atoms with Gasteiger partial charge in [0, 0.05) is 23.8 Å². The first kappa shape index (κ1) is 18.9. The Balaban J connectivity index is 2.17. The molecule has 0 aromatic heterocycles. The molecular formula is C13H8Cl2N4O5S. The number of benzene rings is 1. The number of carbonyl (C=O) groups is 2. The molecule has 0 aliphatic carbocycles. The zero-order valence-electron chi connectivity index (χ0n) is 12.4. The number of nitrogens with one attached hydrogen (secondary N) is 1. The first-order chi connectivity index (χ1) is 11.8. The van der Waals surface area contributed by atoms with Crippen LogP contribution in [0.25, 0.3) is 0 Å². The molecule has 0 atom stereocenters. The maximum atomic E-state index is 11.6. The number of nitrogens with zero attached hydrogens (tertiary/aromatic N) is 3. The summed E-state index contributed by atoms with van der Waals surface area (Å²) in [7, 11) is 1.19. The van der Waals surface area contributed by atoms with Gasteiger partial charge in [-0.15, -0.1) is 5.10 Å². The van der Waals surface area contributed by atoms with Crippen LogP contribution in [0.1, 0.15) is 5.56 Å². The van der Waals surface area contributed by atoms with Crippen molar-refractivity contribution in [1.29, 1.82) is 0 Å². The molecule has 1 fully saturated rings. The minimum absolute atomic E-state index is 0.0255. The third kappa shape index (κ3) is 4.78. The molecule has 0 bridgehead atoms. The molecule has 1 aliphatic heterocycles. The maximum absolute atomic E-state index is 11.6. The van der Waals surface area contributed by atoms with E-state index >= 15 is 0 Å². The summed E-state index contributed by atoms with van der Waals surface area (Å²) in [6, 6.07) is 2.26. The standard InChI is InChI=1S/C13H8Cl2N4O5S/c1-24-11(20)4-10-12(21)17-13(25-10)18-16-5-7-8(14)2-6(19(22)23)3-9(7)15/h2-5H,1H3,(H,17,18,21)/b10-4+,16-5?. The third-order valence-corrected chi connectivity index (χ3v) is 4.24. The second kappa shape index (κ2) is 8.10. The van der Waals surface area contributed by atoms with E-state index in [0.29, 0.717) is 0 Å². The SMILES string of the molecule is COC(=O)/C=C1/S/C(=N\N=Cc2c(Cl)cc([N+](=O)[O-])cc2Cl)NC1=O. The van der Waals surface area contributed by atoms with E-state index in [1.165, 1.54) is 13.3 Å². The van der Waals surface area contributed by atoms with Crippen molar-refractivity contribution in [3.05, 3.63) is 48.8 Å². The average molecular weight is 403 g/mol. The highest BCUT2D eigenvalue weighted by Crippen LogP contribution is 2.29. The second-order valence-electron chi connectivity index (χ2n) is 4.32. The van der Waals surface area contributed by atoms with Crippen molar-refractivity contribution in [2.45, 2.75) is 0 Å². The zero-order chi connectivity index (χ0) is 18.6. The molecule has 130 valence electrons. The number of nitro groups is 1. The Morgan fingerprint density at radius 2 is 2.04 bits per heavy atom. The Morgan fingerprint density at radius 1 is 1.40 bits per heavy atom. The van der Waals surface area contributed by atoms with Crippen LogP contribution in [0, 0.1) is 10.1 Å². The van der Waals surface area contributed by atoms with Gasteiger partial charge in [-0.3, -0.25) is 20.2 Å². The summed E-state index contributed by atoms with van der Waals surface area (Å²) < 4.78 is 4.43. The number of thioether (sulfide) groups is 1. The minimum atomic E-state index is -0.674. The highest BCUT2D eigenvalue weighted by Gasteiger charge is 2.25. The lowest BCUT2D eigenvalue weighted by Gasteiger charge is -2.00. The molecule has 1 aliphatic rings. The van der Waals surface area contributed by atoms with Crippen LogP contribution in [0.3, 0.4) is 0 Å². The number of halogens is 2. The van der Waals surface area contributed by atoms with Gasteiger partial charge in [0.2, 0.25) is 0 Å². The number of amides is 1. The number of carbonyl (C=O) groups excluding carboxylic acids is 2. The predicted octanol–water partition coefficient (Wildman–Crippen LogP) is 2.51. The van der Waals surface area contributed by atoms with Gasteiger partial charge in [-0.2, -0.15) is 5.10 Å². The maximum Gasteiger partial charge on any atom is 0.331 e. The van der Waals surface area contributed by atoms with Gasteiger partial charge in [0.15, 0.2) is 5.17 Å². The lowest BCUT2D eigenvalue weighted by atomic mass is 10.2. The summed E-state index contributed by atoms with van der Waals surface area (Å²) in [6.45, 7) is 0. The number of esters is 1. The van der Waals surface area contributed by atoms with Crippen LogP contribution in [-0.2, 0) is 14.3 Å². The highest BCUT2D eigenvalue weighted by molar-refractivity contribution is 8.18. The van der Waals surface area contributed by atoms with Gasteiger partial charge in [0.1, 0.15) is 0 Å². The van der Waals surface area contributed by atoms with Crippen molar-refractivity contribution in [1.82, 2.24) is 5.32 Å². The molecule has 0 radical (unpaired) electrons. The molecule has 1 amide bonds. The molecule has 25 heavy (non-hydrogen) atoms. The predicted molar refractivity (Wildman–Crippen MR) is 94.0 cm³/mol. The number of methoxy groups -OCH3 is 1. The third-order valence-electron chi connectivity index (χ3n) is 2.71. The number of rotatable bonds is 4. The number of hydrogen-bond donors (Lipinski definition) is 1. The Kier molecular flexibility index (Phi) is 6.12. The summed E-state index contributed by atoms with van der Waals surface area (Å²) in [6.07, 6.45) is 2.21. The smallest absolute Gasteiger partial charge is 0.331 e. The molecule has 1 aromatic rings. The summed E-state index contributed by atoms with van der Waals surface area (Å²) >= 11 is 12.8. The minimum Gasteiger partial charge on any atom is -0.466 e. The fourth-order valence-electron chi connectivity index (χ4n) is 1.58. The van der Waals surface area contributed by atoms with Crippen molar-refractivity contribution < 1.29 is 19.2 Å². The van der Waals surface area contributed by atoms with E-state index in [9.17, 15) is 19.7 Å². The lowest BCUT2D eigenvalue weighted by molar-refractivity contribution is -0.384. The number of nitro benzene ring substituents is 1. The molecule has 2 rings (SSSR count). The van der Waals surface area contributed by atoms with Crippen molar-refractivity contribution in [3.8, 4) is 0 Å². The van der Waals surface area contributed by atoms with Crippen LogP contribution in [0.15, 0.2) is 33.3 Å². The molecule has 9 nitrogen and oxygen atoms in total. The summed E-state index contributed by atoms with van der Waals surface area (Å²) in [5, 5.41) is 20.8. The van der Waals surface area contributed by atoms with Gasteiger partial charge < -0.3 is 4.74 Å². The molecule has 1 aromatic carbocycles. The van der Waals surface area contributed by atoms with Crippen LogP contribution in [0.4, 0.5) is 5.69 Å². The van der Waals surface area contributed by atoms with Gasteiger partial charge in [-0.25, -0.2) is 4.79 Å². The van der Waals surface area contributed by atoms with E-state index < -0.39 is 16.8 Å². The summed E-state index contributed by atoms with van der Waals surface area (Å²) in [5.74, 6) is -1.19. The van der Waals surface area contributed by atoms with E-state index in [0.717, 1.165) is 30.0 Å². The van der Waals surface area contributed by atoms with Crippen LogP contribution < -0.4 is 5.32 Å². The number of hydrogen-bond acceptors (Lipinski definition) is 8. The van der Waals surface area contributed by atoms with Gasteiger partial charge in [-0.1, -0.05) is 23.2 Å². The van der Waals surface area contributed by atoms with Gasteiger partial charge in [0.25, 0.3) is 11.6 Å². The molecular weight excluding hydrogens is 395 g/mol. The van der Waals surface area contributed by atoms with E-state index in [-0.39, 0.29) is 31.4 Å². The fourth-order valence-corrected chi connectivity index (χ4v) is 2.89. The zero-order valence-corrected chi connectivity index (χ0v) is 14.7. The number of ether oxygens (including phenoxy) is 1. The van der Waals surface area contributed by atoms with E-state index in [2.05, 4.69) is 20.3 Å². The van der Waals surface area contributed by atoms with Crippen molar-refractivity contribution in [2.75, 3.05) is 7.11 Å². The second-order valence-corrected chi connectivity index (χ2v) is 6.16. The van der Waals surface area contributed by atoms with E-state index in [1.807, 2.05) is 0 Å². The molecule has 12 heteroatoms. The van der Waals surface area contributed by atoms with E-state index in [4.69, 9.17) is 23.2 Å². The molecule has 0 saturated carbocycles. The number of non-ortho nitro benzene ring substituents is 1. The highest BCUT2D eigenvalue weighted by atomic mass is 35.5. The number of amidine groups is 1. The van der Waals surface area contributed by atoms with Crippen molar-refractivity contribution in [3.63, 3.8) is 0 Å². The topological polar surface area (TPSA) is 123 Å². The van der Waals surface area contributed by atoms with Crippen LogP contribution in [0.5, 0.6) is 0 Å². The van der Waals surface area contributed by atoms with Crippen LogP contribution in [0.2, 0.25) is 10.0 Å². The normalized spacial score (nSPS) is 17.3. The van der Waals surface area contributed by atoms with Gasteiger partial charge in [-0.05, 0) is 11.8 Å². The van der Waals surface area contributed by atoms with E-state index in [1.54, 1.807) is 0 Å². The monoisotopic (exact) mass is 402 g/mol.